The highest BCUT2D eigenvalue weighted by molar-refractivity contribution is 8.34. The fraction of sp³-hybridized carbons (Fsp3) is 0.833. The van der Waals surface area contributed by atoms with E-state index in [2.05, 4.69) is 85.8 Å². The van der Waals surface area contributed by atoms with Gasteiger partial charge >= 0.3 is 0 Å². The largest absolute Gasteiger partial charge is 0.410 e. The molecule has 0 aliphatic rings. The molecule has 0 fully saturated rings. The zero-order chi connectivity index (χ0) is 19.9. The SMILES string of the molecule is C=C(C(=O)[SiH](C)OC(C)(C)[Si](C)(C)C)[Si](C)(C)C(C)(C)S(C)(C)C. The van der Waals surface area contributed by atoms with E-state index in [1.165, 1.54) is 0 Å². The van der Waals surface area contributed by atoms with Crippen LogP contribution < -0.4 is 0 Å². The van der Waals surface area contributed by atoms with Gasteiger partial charge in [0.05, 0.1) is 16.1 Å². The van der Waals surface area contributed by atoms with Gasteiger partial charge in [-0.15, -0.1) is 0 Å². The fourth-order valence-electron chi connectivity index (χ4n) is 2.35. The minimum Gasteiger partial charge on any atom is -0.410 e. The summed E-state index contributed by atoms with van der Waals surface area (Å²) in [6.07, 6.45) is 7.06. The van der Waals surface area contributed by atoms with E-state index in [0.29, 0.717) is 0 Å². The third-order valence-electron chi connectivity index (χ3n) is 6.73. The predicted molar refractivity (Wildman–Crippen MR) is 123 cm³/mol. The maximum absolute atomic E-state index is 13.2. The molecule has 0 amide bonds. The highest BCUT2D eigenvalue weighted by Gasteiger charge is 2.49. The second-order valence-corrected chi connectivity index (χ2v) is 28.2. The molecule has 0 aromatic carbocycles. The van der Waals surface area contributed by atoms with Crippen molar-refractivity contribution in [3.05, 3.63) is 11.8 Å². The van der Waals surface area contributed by atoms with Crippen LogP contribution in [0.1, 0.15) is 27.7 Å². The number of hydrogen-bond acceptors (Lipinski definition) is 2. The molecular formula is C18H42O2SSi3. The molecule has 1 unspecified atom stereocenters. The van der Waals surface area contributed by atoms with Crippen molar-refractivity contribution in [3.8, 4) is 0 Å². The second-order valence-electron chi connectivity index (χ2n) is 10.3. The predicted octanol–water partition coefficient (Wildman–Crippen LogP) is 4.94. The smallest absolute Gasteiger partial charge is 0.252 e. The van der Waals surface area contributed by atoms with E-state index in [1.54, 1.807) is 0 Å². The van der Waals surface area contributed by atoms with Gasteiger partial charge in [0.2, 0.25) is 0 Å². The number of allylic oxidation sites excluding steroid dienone is 1. The summed E-state index contributed by atoms with van der Waals surface area (Å²) < 4.78 is 6.56. The van der Waals surface area contributed by atoms with Crippen molar-refractivity contribution < 1.29 is 9.22 Å². The average Bonchev–Trinajstić information content (AvgIpc) is 2.33. The second kappa shape index (κ2) is 7.18. The van der Waals surface area contributed by atoms with E-state index in [4.69, 9.17) is 4.43 Å². The minimum atomic E-state index is -1.96. The summed E-state index contributed by atoms with van der Waals surface area (Å²) in [6.45, 7) is 26.9. The van der Waals surface area contributed by atoms with Crippen molar-refractivity contribution in [2.45, 2.75) is 76.6 Å². The van der Waals surface area contributed by atoms with E-state index in [9.17, 15) is 4.79 Å². The van der Waals surface area contributed by atoms with Gasteiger partial charge in [-0.05, 0) is 48.7 Å². The van der Waals surface area contributed by atoms with Crippen molar-refractivity contribution in [3.63, 3.8) is 0 Å². The normalized spacial score (nSPS) is 16.7. The molecule has 0 heterocycles. The summed E-state index contributed by atoms with van der Waals surface area (Å²) in [6, 6.07) is 0. The van der Waals surface area contributed by atoms with E-state index in [1.807, 2.05) is 6.55 Å². The van der Waals surface area contributed by atoms with Gasteiger partial charge in [-0.25, -0.2) is 10.0 Å². The molecule has 0 rings (SSSR count). The molecule has 6 heteroatoms. The Hall–Kier alpha value is 0.371. The molecule has 0 saturated carbocycles. The first kappa shape index (κ1) is 24.4. The third kappa shape index (κ3) is 4.75. The number of carbonyl (C=O) groups is 1. The fourth-order valence-corrected chi connectivity index (χ4v) is 15.3. The van der Waals surface area contributed by atoms with Gasteiger partial charge in [0, 0.05) is 5.22 Å². The molecule has 0 aliphatic carbocycles. The zero-order valence-electron chi connectivity index (χ0n) is 18.5. The topological polar surface area (TPSA) is 26.3 Å². The van der Waals surface area contributed by atoms with E-state index in [-0.39, 0.29) is 15.0 Å². The van der Waals surface area contributed by atoms with Crippen molar-refractivity contribution >= 4 is 40.6 Å². The molecule has 0 bridgehead atoms. The molecule has 1 atom stereocenters. The lowest BCUT2D eigenvalue weighted by Gasteiger charge is -2.53. The molecule has 0 saturated heterocycles. The Kier molecular flexibility index (Phi) is 7.29. The standard InChI is InChI=1S/C18H42O2SSi3/c1-15(24(13,14)18(4,5)21(6,7)8)16(19)22(9)20-17(2,3)23(10,11)12/h22H,1H2,2-14H3. The number of carbonyl (C=O) groups excluding carboxylic acids is 1. The Morgan fingerprint density at radius 1 is 1.00 bits per heavy atom. The zero-order valence-corrected chi connectivity index (χ0v) is 22.5. The summed E-state index contributed by atoms with van der Waals surface area (Å²) in [5, 5.41) is 0.959. The maximum Gasteiger partial charge on any atom is 0.252 e. The molecular weight excluding hydrogens is 365 g/mol. The monoisotopic (exact) mass is 406 g/mol. The van der Waals surface area contributed by atoms with Crippen LogP contribution >= 0.6 is 10.0 Å². The van der Waals surface area contributed by atoms with E-state index >= 15 is 0 Å². The Morgan fingerprint density at radius 3 is 1.67 bits per heavy atom. The Morgan fingerprint density at radius 2 is 1.38 bits per heavy atom. The molecule has 2 nitrogen and oxygen atoms in total. The van der Waals surface area contributed by atoms with Crippen LogP contribution in [0, 0.1) is 0 Å². The molecule has 24 heavy (non-hydrogen) atoms. The van der Waals surface area contributed by atoms with E-state index in [0.717, 1.165) is 5.20 Å². The van der Waals surface area contributed by atoms with Crippen LogP contribution in [0.15, 0.2) is 11.8 Å². The van der Waals surface area contributed by atoms with Crippen molar-refractivity contribution in [1.29, 1.82) is 0 Å². The van der Waals surface area contributed by atoms with Crippen LogP contribution in [0.4, 0.5) is 0 Å². The first-order valence-electron chi connectivity index (χ1n) is 8.79. The Balaban J connectivity index is 5.50. The first-order chi connectivity index (χ1) is 10.2. The lowest BCUT2D eigenvalue weighted by molar-refractivity contribution is -0.110. The highest BCUT2D eigenvalue weighted by Crippen LogP contribution is 2.55. The summed E-state index contributed by atoms with van der Waals surface area (Å²) >= 11 is 0. The van der Waals surface area contributed by atoms with Crippen LogP contribution in [-0.4, -0.2) is 59.0 Å². The van der Waals surface area contributed by atoms with Gasteiger partial charge in [0.15, 0.2) is 5.41 Å². The summed E-state index contributed by atoms with van der Waals surface area (Å²) in [5.41, 5.74) is 0. The lowest BCUT2D eigenvalue weighted by atomic mass is 10.5. The minimum absolute atomic E-state index is 0.162. The van der Waals surface area contributed by atoms with Gasteiger partial charge in [0.1, 0.15) is 0 Å². The van der Waals surface area contributed by atoms with Gasteiger partial charge in [-0.2, -0.15) is 0 Å². The molecule has 0 aromatic rings. The van der Waals surface area contributed by atoms with Crippen molar-refractivity contribution in [2.75, 3.05) is 18.8 Å². The van der Waals surface area contributed by atoms with Crippen LogP contribution in [0.5, 0.6) is 0 Å². The molecule has 0 aliphatic heterocycles. The summed E-state index contributed by atoms with van der Waals surface area (Å²) in [5.74, 6) is 0. The van der Waals surface area contributed by atoms with Crippen molar-refractivity contribution in [1.82, 2.24) is 0 Å². The summed E-state index contributed by atoms with van der Waals surface area (Å²) in [4.78, 5) is 13.2. The lowest BCUT2D eigenvalue weighted by Crippen LogP contribution is -2.58. The van der Waals surface area contributed by atoms with Crippen molar-refractivity contribution in [2.24, 2.45) is 0 Å². The van der Waals surface area contributed by atoms with Crippen LogP contribution in [0.2, 0.25) is 39.3 Å². The number of rotatable bonds is 8. The highest BCUT2D eigenvalue weighted by atomic mass is 32.3. The van der Waals surface area contributed by atoms with Gasteiger partial charge < -0.3 is 4.43 Å². The summed E-state index contributed by atoms with van der Waals surface area (Å²) in [7, 11) is -6.21. The quantitative estimate of drug-likeness (QED) is 0.421. The van der Waals surface area contributed by atoms with Crippen LogP contribution in [0.3, 0.4) is 0 Å². The molecule has 0 radical (unpaired) electrons. The average molecular weight is 407 g/mol. The molecule has 0 spiro atoms. The van der Waals surface area contributed by atoms with Gasteiger partial charge in [0.25, 0.3) is 9.04 Å². The first-order valence-corrected chi connectivity index (χ1v) is 20.4. The van der Waals surface area contributed by atoms with E-state index < -0.39 is 35.2 Å². The Labute approximate surface area is 156 Å². The molecule has 0 aromatic heterocycles. The molecule has 144 valence electrons. The Bertz CT molecular complexity index is 497. The third-order valence-corrected chi connectivity index (χ3v) is 24.2. The maximum atomic E-state index is 13.2. The van der Waals surface area contributed by atoms with Crippen LogP contribution in [-0.2, 0) is 9.22 Å². The van der Waals surface area contributed by atoms with Gasteiger partial charge in [-0.3, -0.25) is 4.79 Å². The van der Waals surface area contributed by atoms with Crippen LogP contribution in [0.25, 0.3) is 0 Å². The number of hydrogen-bond donors (Lipinski definition) is 0. The molecule has 0 N–H and O–H groups in total. The van der Waals surface area contributed by atoms with Gasteiger partial charge in [-0.1, -0.05) is 53.2 Å².